The molecule has 2 saturated heterocycles. The van der Waals surface area contributed by atoms with Crippen molar-refractivity contribution in [3.05, 3.63) is 96.6 Å². The average Bonchev–Trinajstić information content (AvgIpc) is 3.91. The first-order valence-corrected chi connectivity index (χ1v) is 15.1. The Balaban J connectivity index is 1.04. The van der Waals surface area contributed by atoms with Gasteiger partial charge in [0.05, 0.1) is 35.9 Å². The minimum Gasteiger partial charge on any atom is -0.465 e. The number of carbonyl (C=O) groups is 2. The summed E-state index contributed by atoms with van der Waals surface area (Å²) in [6, 6.07) is 15.8. The van der Waals surface area contributed by atoms with Crippen LogP contribution in [0.1, 0.15) is 61.0 Å². The summed E-state index contributed by atoms with van der Waals surface area (Å²) in [6.07, 6.45) is 9.73. The van der Waals surface area contributed by atoms with Gasteiger partial charge in [-0.1, -0.05) is 54.6 Å². The monoisotopic (exact) mass is 603 g/mol. The third kappa shape index (κ3) is 5.92. The summed E-state index contributed by atoms with van der Waals surface area (Å²) in [5.41, 5.74) is 5.02. The zero-order valence-corrected chi connectivity index (χ0v) is 24.5. The number of benzene rings is 2. The van der Waals surface area contributed by atoms with Gasteiger partial charge in [0, 0.05) is 30.1 Å². The molecule has 2 amide bonds. The summed E-state index contributed by atoms with van der Waals surface area (Å²) in [5.74, 6) is 1.95. The van der Waals surface area contributed by atoms with Crippen molar-refractivity contribution in [1.29, 1.82) is 0 Å². The van der Waals surface area contributed by atoms with Gasteiger partial charge in [-0.2, -0.15) is 0 Å². The van der Waals surface area contributed by atoms with Gasteiger partial charge < -0.3 is 30.6 Å². The zero-order chi connectivity index (χ0) is 30.8. The van der Waals surface area contributed by atoms with Gasteiger partial charge in [-0.25, -0.2) is 24.7 Å². The molecule has 5 N–H and O–H groups in total. The maximum Gasteiger partial charge on any atom is 0.405 e. The minimum absolute atomic E-state index is 0.274. The molecule has 0 spiro atoms. The molecule has 5 heterocycles. The predicted molar refractivity (Wildman–Crippen MR) is 167 cm³/mol. The van der Waals surface area contributed by atoms with E-state index in [2.05, 4.69) is 40.5 Å². The lowest BCUT2D eigenvalue weighted by molar-refractivity contribution is -0.134. The van der Waals surface area contributed by atoms with E-state index in [-0.39, 0.29) is 18.0 Å². The van der Waals surface area contributed by atoms with Crippen LogP contribution < -0.4 is 10.6 Å². The smallest absolute Gasteiger partial charge is 0.405 e. The number of likely N-dealkylation sites (tertiary alicyclic amines) is 1. The van der Waals surface area contributed by atoms with Crippen molar-refractivity contribution in [2.45, 2.75) is 43.8 Å². The van der Waals surface area contributed by atoms with E-state index >= 15 is 0 Å². The van der Waals surface area contributed by atoms with Crippen molar-refractivity contribution in [3.8, 4) is 33.9 Å². The van der Waals surface area contributed by atoms with Gasteiger partial charge in [0.25, 0.3) is 5.91 Å². The number of rotatable bonds is 8. The van der Waals surface area contributed by atoms with Crippen LogP contribution >= 0.6 is 0 Å². The molecule has 0 radical (unpaired) electrons. The fourth-order valence-corrected chi connectivity index (χ4v) is 6.18. The lowest BCUT2D eigenvalue weighted by atomic mass is 10.1. The molecule has 45 heavy (non-hydrogen) atoms. The van der Waals surface area contributed by atoms with E-state index in [1.54, 1.807) is 47.8 Å². The number of H-pyrrole nitrogens is 2. The first-order valence-electron chi connectivity index (χ1n) is 15.1. The molecule has 2 fully saturated rings. The summed E-state index contributed by atoms with van der Waals surface area (Å²) in [6.45, 7) is 1.54. The minimum atomic E-state index is -1.25. The van der Waals surface area contributed by atoms with Gasteiger partial charge in [-0.3, -0.25) is 4.79 Å². The Hall–Kier alpha value is -5.36. The van der Waals surface area contributed by atoms with Crippen LogP contribution in [0.3, 0.4) is 0 Å². The number of hydrogen-bond donors (Lipinski definition) is 5. The third-order valence-corrected chi connectivity index (χ3v) is 8.50. The lowest BCUT2D eigenvalue weighted by Crippen LogP contribution is -2.42. The second-order valence-electron chi connectivity index (χ2n) is 11.4. The molecule has 3 aromatic heterocycles. The predicted octanol–water partition coefficient (Wildman–Crippen LogP) is 5.02. The number of aromatic nitrogens is 6. The standard InChI is InChI=1S/C33H33N9O3/c43-32(28(41-33(44)45)21-6-2-1-3-7-21)42-15-5-9-27(42)31-38-18-25(40-31)20-10-12-22(13-11-20)29-35-16-23(17-36-29)26-19-37-30(39-26)24-8-4-14-34-24/h1-3,6-7,10-13,16-19,24,27-28,34,41H,4-5,8-9,14-15H2,(H,37,39)(H,38,40)(H,44,45)/t24-,27-,28+/m0/s1. The highest BCUT2D eigenvalue weighted by Gasteiger charge is 2.37. The molecule has 3 atom stereocenters. The van der Waals surface area contributed by atoms with Crippen molar-refractivity contribution in [2.75, 3.05) is 13.1 Å². The van der Waals surface area contributed by atoms with Crippen LogP contribution in [0.25, 0.3) is 33.9 Å². The maximum absolute atomic E-state index is 13.6. The van der Waals surface area contributed by atoms with Crippen molar-refractivity contribution in [2.24, 2.45) is 0 Å². The number of nitrogens with one attached hydrogen (secondary N) is 4. The molecular weight excluding hydrogens is 570 g/mol. The van der Waals surface area contributed by atoms with Crippen LogP contribution in [-0.4, -0.2) is 65.0 Å². The summed E-state index contributed by atoms with van der Waals surface area (Å²) >= 11 is 0. The highest BCUT2D eigenvalue weighted by Crippen LogP contribution is 2.34. The first-order chi connectivity index (χ1) is 22.0. The van der Waals surface area contributed by atoms with Crippen LogP contribution in [0.15, 0.2) is 79.4 Å². The van der Waals surface area contributed by atoms with E-state index in [0.29, 0.717) is 23.8 Å². The van der Waals surface area contributed by atoms with Gasteiger partial charge >= 0.3 is 6.09 Å². The van der Waals surface area contributed by atoms with Crippen LogP contribution in [-0.2, 0) is 4.79 Å². The Morgan fingerprint density at radius 1 is 0.800 bits per heavy atom. The lowest BCUT2D eigenvalue weighted by Gasteiger charge is -2.28. The molecule has 0 aliphatic carbocycles. The van der Waals surface area contributed by atoms with Crippen LogP contribution in [0.5, 0.6) is 0 Å². The van der Waals surface area contributed by atoms with E-state index in [9.17, 15) is 14.7 Å². The topological polar surface area (TPSA) is 165 Å². The molecular formula is C33H33N9O3. The fraction of sp³-hybridized carbons (Fsp3) is 0.273. The van der Waals surface area contributed by atoms with Gasteiger partial charge in [-0.15, -0.1) is 0 Å². The van der Waals surface area contributed by atoms with E-state index in [0.717, 1.165) is 66.1 Å². The quantitative estimate of drug-likeness (QED) is 0.165. The summed E-state index contributed by atoms with van der Waals surface area (Å²) in [4.78, 5) is 52.0. The number of aromatic amines is 2. The Morgan fingerprint density at radius 3 is 2.20 bits per heavy atom. The first kappa shape index (κ1) is 28.4. The molecule has 0 saturated carbocycles. The van der Waals surface area contributed by atoms with Crippen molar-refractivity contribution in [3.63, 3.8) is 0 Å². The molecule has 5 aromatic rings. The second kappa shape index (κ2) is 12.3. The highest BCUT2D eigenvalue weighted by molar-refractivity contribution is 5.87. The molecule has 0 bridgehead atoms. The molecule has 12 heteroatoms. The maximum atomic E-state index is 13.6. The molecule has 2 aliphatic heterocycles. The fourth-order valence-electron chi connectivity index (χ4n) is 6.18. The number of imidazole rings is 2. The number of hydrogen-bond acceptors (Lipinski definition) is 7. The normalized spacial score (nSPS) is 18.6. The summed E-state index contributed by atoms with van der Waals surface area (Å²) in [7, 11) is 0. The number of carboxylic acid groups (broad SMARTS) is 1. The van der Waals surface area contributed by atoms with Gasteiger partial charge in [0.1, 0.15) is 17.7 Å². The highest BCUT2D eigenvalue weighted by atomic mass is 16.4. The van der Waals surface area contributed by atoms with Crippen LogP contribution in [0.2, 0.25) is 0 Å². The van der Waals surface area contributed by atoms with Gasteiger partial charge in [-0.05, 0) is 43.4 Å². The van der Waals surface area contributed by atoms with Crippen molar-refractivity contribution in [1.82, 2.24) is 45.4 Å². The Morgan fingerprint density at radius 2 is 1.49 bits per heavy atom. The van der Waals surface area contributed by atoms with E-state index in [4.69, 9.17) is 0 Å². The number of carbonyl (C=O) groups excluding carboxylic acids is 1. The van der Waals surface area contributed by atoms with Gasteiger partial charge in [0.15, 0.2) is 5.82 Å². The van der Waals surface area contributed by atoms with E-state index in [1.807, 2.05) is 36.5 Å². The van der Waals surface area contributed by atoms with Crippen molar-refractivity contribution >= 4 is 12.0 Å². The zero-order valence-electron chi connectivity index (χ0n) is 24.5. The molecule has 228 valence electrons. The SMILES string of the molecule is O=C(O)N[C@@H](C(=O)N1CCC[C@H]1c1ncc(-c2ccc(-c3ncc(-c4cnc([C@@H]5CCCN5)[nH]4)cn3)cc2)[nH]1)c1ccccc1. The van der Waals surface area contributed by atoms with Crippen LogP contribution in [0.4, 0.5) is 4.79 Å². The molecule has 7 rings (SSSR count). The van der Waals surface area contributed by atoms with E-state index in [1.165, 1.54) is 0 Å². The van der Waals surface area contributed by atoms with E-state index < -0.39 is 12.1 Å². The van der Waals surface area contributed by atoms with Crippen molar-refractivity contribution < 1.29 is 14.7 Å². The molecule has 0 unspecified atom stereocenters. The number of amides is 2. The molecule has 2 aliphatic rings. The Bertz CT molecular complexity index is 1780. The Kier molecular flexibility index (Phi) is 7.78. The van der Waals surface area contributed by atoms with Crippen LogP contribution in [0, 0.1) is 0 Å². The summed E-state index contributed by atoms with van der Waals surface area (Å²) < 4.78 is 0. The average molecular weight is 604 g/mol. The summed E-state index contributed by atoms with van der Waals surface area (Å²) in [5, 5.41) is 15.3. The third-order valence-electron chi connectivity index (χ3n) is 8.50. The largest absolute Gasteiger partial charge is 0.465 e. The molecule has 12 nitrogen and oxygen atoms in total. The Labute approximate surface area is 259 Å². The second-order valence-corrected chi connectivity index (χ2v) is 11.4. The van der Waals surface area contributed by atoms with Gasteiger partial charge in [0.2, 0.25) is 0 Å². The molecule has 2 aromatic carbocycles. The number of nitrogens with zero attached hydrogens (tertiary/aromatic N) is 5.